The Morgan fingerprint density at radius 2 is 1.95 bits per heavy atom. The summed E-state index contributed by atoms with van der Waals surface area (Å²) in [6.07, 6.45) is 9.51. The fourth-order valence-electron chi connectivity index (χ4n) is 5.34. The van der Waals surface area contributed by atoms with Crippen LogP contribution in [0.25, 0.3) is 27.8 Å². The number of nitrogens with zero attached hydrogens (tertiary/aromatic N) is 8. The molecule has 2 fully saturated rings. The van der Waals surface area contributed by atoms with Gasteiger partial charge >= 0.3 is 0 Å². The van der Waals surface area contributed by atoms with E-state index in [1.165, 1.54) is 12.8 Å². The molecule has 4 aromatic heterocycles. The predicted molar refractivity (Wildman–Crippen MR) is 154 cm³/mol. The van der Waals surface area contributed by atoms with Crippen molar-refractivity contribution in [1.82, 2.24) is 39.0 Å². The normalized spacial score (nSPS) is 16.5. The minimum Gasteiger partial charge on any atom is -0.474 e. The molecule has 0 unspecified atom stereocenters. The van der Waals surface area contributed by atoms with Crippen molar-refractivity contribution in [1.29, 1.82) is 0 Å². The number of benzene rings is 1. The third kappa shape index (κ3) is 4.51. The Balaban J connectivity index is 1.23. The topological polar surface area (TPSA) is 108 Å². The van der Waals surface area contributed by atoms with Gasteiger partial charge < -0.3 is 15.0 Å². The highest BCUT2D eigenvalue weighted by Crippen LogP contribution is 2.37. The fourth-order valence-corrected chi connectivity index (χ4v) is 5.34. The van der Waals surface area contributed by atoms with E-state index >= 15 is 0 Å². The van der Waals surface area contributed by atoms with E-state index in [1.807, 2.05) is 36.5 Å². The second-order valence-electron chi connectivity index (χ2n) is 10.6. The van der Waals surface area contributed by atoms with Crippen LogP contribution in [0, 0.1) is 0 Å². The van der Waals surface area contributed by atoms with Gasteiger partial charge in [-0.1, -0.05) is 12.1 Å². The molecule has 40 heavy (non-hydrogen) atoms. The molecule has 11 heteroatoms. The lowest BCUT2D eigenvalue weighted by Crippen LogP contribution is -2.35. The highest BCUT2D eigenvalue weighted by atomic mass is 16.5. The number of rotatable bonds is 8. The SMILES string of the molecule is C=CCn1c(=O)c2cnc(Nc3ccc4c(cnn4C4CC4)c3)nc2n1-c1cccc(OC2CCN(C)CC2)n1. The molecule has 11 nitrogen and oxygen atoms in total. The van der Waals surface area contributed by atoms with Crippen LogP contribution in [0.5, 0.6) is 5.88 Å². The second kappa shape index (κ2) is 9.91. The van der Waals surface area contributed by atoms with Crippen molar-refractivity contribution in [3.05, 3.63) is 71.8 Å². The first-order chi connectivity index (χ1) is 19.6. The van der Waals surface area contributed by atoms with E-state index in [1.54, 1.807) is 21.6 Å². The van der Waals surface area contributed by atoms with Crippen molar-refractivity contribution < 1.29 is 4.74 Å². The van der Waals surface area contributed by atoms with Gasteiger partial charge in [-0.25, -0.2) is 14.3 Å². The Bertz CT molecular complexity index is 1770. The quantitative estimate of drug-likeness (QED) is 0.295. The number of likely N-dealkylation sites (tertiary alicyclic amines) is 1. The van der Waals surface area contributed by atoms with Crippen LogP contribution in [-0.2, 0) is 6.54 Å². The first kappa shape index (κ1) is 24.5. The number of anilines is 2. The third-order valence-electron chi connectivity index (χ3n) is 7.60. The molecule has 2 aliphatic rings. The van der Waals surface area contributed by atoms with E-state index in [4.69, 9.17) is 14.7 Å². The number of piperidine rings is 1. The molecule has 1 aliphatic heterocycles. The molecule has 0 atom stereocenters. The van der Waals surface area contributed by atoms with Crippen LogP contribution in [0.3, 0.4) is 0 Å². The van der Waals surface area contributed by atoms with Gasteiger partial charge in [0.2, 0.25) is 11.8 Å². The Labute approximate surface area is 230 Å². The van der Waals surface area contributed by atoms with Crippen molar-refractivity contribution in [3.8, 4) is 11.7 Å². The summed E-state index contributed by atoms with van der Waals surface area (Å²) in [4.78, 5) is 29.6. The van der Waals surface area contributed by atoms with Crippen LogP contribution in [0.4, 0.5) is 11.6 Å². The molecule has 204 valence electrons. The third-order valence-corrected chi connectivity index (χ3v) is 7.60. The Morgan fingerprint density at radius 3 is 2.75 bits per heavy atom. The minimum absolute atomic E-state index is 0.113. The lowest BCUT2D eigenvalue weighted by atomic mass is 10.1. The molecule has 7 rings (SSSR count). The molecular formula is C29H31N9O2. The van der Waals surface area contributed by atoms with Crippen LogP contribution >= 0.6 is 0 Å². The lowest BCUT2D eigenvalue weighted by Gasteiger charge is -2.29. The van der Waals surface area contributed by atoms with Crippen LogP contribution in [-0.4, -0.2) is 65.2 Å². The van der Waals surface area contributed by atoms with Crippen molar-refractivity contribution >= 4 is 33.6 Å². The molecule has 0 radical (unpaired) electrons. The van der Waals surface area contributed by atoms with Gasteiger partial charge in [-0.15, -0.1) is 6.58 Å². The Kier molecular flexibility index (Phi) is 6.07. The predicted octanol–water partition coefficient (Wildman–Crippen LogP) is 4.06. The van der Waals surface area contributed by atoms with E-state index in [0.29, 0.717) is 41.3 Å². The van der Waals surface area contributed by atoms with Gasteiger partial charge in [0.1, 0.15) is 11.5 Å². The van der Waals surface area contributed by atoms with E-state index in [9.17, 15) is 4.79 Å². The summed E-state index contributed by atoms with van der Waals surface area (Å²) < 4.78 is 11.6. The number of ether oxygens (including phenoxy) is 1. The zero-order valence-electron chi connectivity index (χ0n) is 22.4. The summed E-state index contributed by atoms with van der Waals surface area (Å²) in [7, 11) is 2.12. The molecule has 0 bridgehead atoms. The number of fused-ring (bicyclic) bond motifs is 2. The van der Waals surface area contributed by atoms with Gasteiger partial charge in [-0.3, -0.25) is 9.48 Å². The average Bonchev–Trinajstić information content (AvgIpc) is 3.66. The first-order valence-corrected chi connectivity index (χ1v) is 13.7. The molecule has 1 saturated carbocycles. The number of aromatic nitrogens is 7. The summed E-state index contributed by atoms with van der Waals surface area (Å²) in [5.41, 5.74) is 2.20. The van der Waals surface area contributed by atoms with Crippen molar-refractivity contribution in [2.45, 2.75) is 44.4 Å². The molecule has 1 saturated heterocycles. The van der Waals surface area contributed by atoms with Gasteiger partial charge in [0.25, 0.3) is 5.56 Å². The van der Waals surface area contributed by atoms with E-state index in [0.717, 1.165) is 42.5 Å². The fraction of sp³-hybridized carbons (Fsp3) is 0.345. The number of hydrogen-bond donors (Lipinski definition) is 1. The van der Waals surface area contributed by atoms with Crippen LogP contribution < -0.4 is 15.6 Å². The number of nitrogens with one attached hydrogen (secondary N) is 1. The molecule has 1 aliphatic carbocycles. The Hall–Kier alpha value is -4.51. The van der Waals surface area contributed by atoms with Crippen LogP contribution in [0.2, 0.25) is 0 Å². The first-order valence-electron chi connectivity index (χ1n) is 13.7. The zero-order valence-corrected chi connectivity index (χ0v) is 22.4. The molecule has 0 spiro atoms. The highest BCUT2D eigenvalue weighted by Gasteiger charge is 2.26. The van der Waals surface area contributed by atoms with Crippen molar-refractivity contribution in [2.24, 2.45) is 0 Å². The average molecular weight is 538 g/mol. The smallest absolute Gasteiger partial charge is 0.278 e. The van der Waals surface area contributed by atoms with Crippen molar-refractivity contribution in [2.75, 3.05) is 25.5 Å². The van der Waals surface area contributed by atoms with E-state index in [2.05, 4.69) is 44.7 Å². The summed E-state index contributed by atoms with van der Waals surface area (Å²) in [5, 5.41) is 9.31. The summed E-state index contributed by atoms with van der Waals surface area (Å²) in [6, 6.07) is 12.2. The maximum atomic E-state index is 13.3. The summed E-state index contributed by atoms with van der Waals surface area (Å²) in [6.45, 7) is 6.12. The molecule has 0 amide bonds. The standard InChI is InChI=1S/C29H31N9O2/c1-3-13-36-28(39)23-18-30-29(32-20-7-10-24-19(16-20)17-31-37(24)21-8-9-21)34-27(23)38(36)25-5-4-6-26(33-25)40-22-11-14-35(2)15-12-22/h3-7,10,16-18,21-22H,1,8-9,11-15H2,2H3,(H,30,32,34). The van der Waals surface area contributed by atoms with E-state index < -0.39 is 0 Å². The van der Waals surface area contributed by atoms with Crippen molar-refractivity contribution in [3.63, 3.8) is 0 Å². The number of allylic oxidation sites excluding steroid dienone is 1. The molecule has 5 aromatic rings. The second-order valence-corrected chi connectivity index (χ2v) is 10.6. The minimum atomic E-state index is -0.209. The van der Waals surface area contributed by atoms with Gasteiger partial charge in [-0.2, -0.15) is 15.1 Å². The monoisotopic (exact) mass is 537 g/mol. The summed E-state index contributed by atoms with van der Waals surface area (Å²) in [5.74, 6) is 1.45. The van der Waals surface area contributed by atoms with Crippen LogP contribution in [0.1, 0.15) is 31.7 Å². The number of hydrogen-bond acceptors (Lipinski definition) is 8. The molecular weight excluding hydrogens is 506 g/mol. The maximum absolute atomic E-state index is 13.3. The van der Waals surface area contributed by atoms with Gasteiger partial charge in [0, 0.05) is 36.4 Å². The largest absolute Gasteiger partial charge is 0.474 e. The molecule has 5 heterocycles. The van der Waals surface area contributed by atoms with E-state index in [-0.39, 0.29) is 11.7 Å². The molecule has 1 aromatic carbocycles. The molecule has 1 N–H and O–H groups in total. The van der Waals surface area contributed by atoms with Crippen LogP contribution in [0.15, 0.2) is 66.2 Å². The maximum Gasteiger partial charge on any atom is 0.278 e. The number of pyridine rings is 1. The summed E-state index contributed by atoms with van der Waals surface area (Å²) >= 11 is 0. The van der Waals surface area contributed by atoms with Gasteiger partial charge in [0.05, 0.1) is 24.3 Å². The lowest BCUT2D eigenvalue weighted by molar-refractivity contribution is 0.110. The zero-order chi connectivity index (χ0) is 27.2. The highest BCUT2D eigenvalue weighted by molar-refractivity contribution is 5.84. The van der Waals surface area contributed by atoms with Gasteiger partial charge in [0.15, 0.2) is 11.5 Å². The van der Waals surface area contributed by atoms with Gasteiger partial charge in [-0.05, 0) is 57.0 Å². The Morgan fingerprint density at radius 1 is 1.10 bits per heavy atom.